The van der Waals surface area contributed by atoms with Gasteiger partial charge in [-0.05, 0) is 19.4 Å². The number of rotatable bonds is 6. The van der Waals surface area contributed by atoms with E-state index in [1.807, 2.05) is 23.9 Å². The number of likely N-dealkylation sites (tertiary alicyclic amines) is 1. The lowest BCUT2D eigenvalue weighted by molar-refractivity contribution is -0.153. The van der Waals surface area contributed by atoms with Crippen molar-refractivity contribution in [3.63, 3.8) is 0 Å². The predicted octanol–water partition coefficient (Wildman–Crippen LogP) is 0.608. The Balaban J connectivity index is 2.15. The summed E-state index contributed by atoms with van der Waals surface area (Å²) in [6.45, 7) is 1.45. The normalized spacial score (nSPS) is 22.4. The first-order valence-electron chi connectivity index (χ1n) is 6.95. The summed E-state index contributed by atoms with van der Waals surface area (Å²) in [5, 5.41) is 9.60. The van der Waals surface area contributed by atoms with Crippen molar-refractivity contribution < 1.29 is 14.6 Å². The van der Waals surface area contributed by atoms with Crippen LogP contribution < -0.4 is 4.90 Å². The second kappa shape index (κ2) is 6.36. The number of carbonyl (C=O) groups is 1. The van der Waals surface area contributed by atoms with Gasteiger partial charge < -0.3 is 14.7 Å². The van der Waals surface area contributed by atoms with Crippen LogP contribution in [0.4, 0.5) is 5.95 Å². The molecule has 1 aromatic rings. The van der Waals surface area contributed by atoms with Crippen molar-refractivity contribution in [3.05, 3.63) is 18.0 Å². The second-order valence-electron chi connectivity index (χ2n) is 5.58. The SMILES string of the molecule is COCC1(C(=O)O)CCCN1Cc1cnc(N(C)C)nc1. The number of anilines is 1. The zero-order valence-electron chi connectivity index (χ0n) is 12.7. The fourth-order valence-electron chi connectivity index (χ4n) is 2.75. The van der Waals surface area contributed by atoms with Gasteiger partial charge in [0.05, 0.1) is 6.61 Å². The summed E-state index contributed by atoms with van der Waals surface area (Å²) in [4.78, 5) is 24.0. The molecular weight excluding hydrogens is 272 g/mol. The number of aromatic nitrogens is 2. The lowest BCUT2D eigenvalue weighted by Crippen LogP contribution is -2.53. The van der Waals surface area contributed by atoms with E-state index in [4.69, 9.17) is 4.74 Å². The van der Waals surface area contributed by atoms with Gasteiger partial charge in [0.2, 0.25) is 5.95 Å². The van der Waals surface area contributed by atoms with Crippen LogP contribution in [0.15, 0.2) is 12.4 Å². The molecular formula is C14H22N4O3. The average Bonchev–Trinajstić information content (AvgIpc) is 2.84. The van der Waals surface area contributed by atoms with E-state index >= 15 is 0 Å². The minimum Gasteiger partial charge on any atom is -0.480 e. The molecule has 0 spiro atoms. The van der Waals surface area contributed by atoms with Crippen molar-refractivity contribution in [2.75, 3.05) is 39.3 Å². The Kier molecular flexibility index (Phi) is 4.74. The highest BCUT2D eigenvalue weighted by Gasteiger charge is 2.47. The minimum absolute atomic E-state index is 0.193. The van der Waals surface area contributed by atoms with Crippen molar-refractivity contribution in [2.45, 2.75) is 24.9 Å². The van der Waals surface area contributed by atoms with Gasteiger partial charge in [0, 0.05) is 45.7 Å². The molecule has 1 fully saturated rings. The van der Waals surface area contributed by atoms with E-state index in [1.165, 1.54) is 7.11 Å². The molecule has 7 nitrogen and oxygen atoms in total. The summed E-state index contributed by atoms with van der Waals surface area (Å²) >= 11 is 0. The molecule has 1 atom stereocenters. The smallest absolute Gasteiger partial charge is 0.326 e. The third-order valence-electron chi connectivity index (χ3n) is 3.87. The standard InChI is InChI=1S/C14H22N4O3/c1-17(2)13-15-7-11(8-16-13)9-18-6-4-5-14(18,10-21-3)12(19)20/h7-8H,4-6,9-10H2,1-3H3,(H,19,20). The number of ether oxygens (including phenoxy) is 1. The number of carboxylic acids is 1. The molecule has 1 N–H and O–H groups in total. The number of hydrogen-bond acceptors (Lipinski definition) is 6. The van der Waals surface area contributed by atoms with Crippen LogP contribution in [0.2, 0.25) is 0 Å². The van der Waals surface area contributed by atoms with Crippen LogP contribution in [0, 0.1) is 0 Å². The van der Waals surface area contributed by atoms with E-state index in [-0.39, 0.29) is 6.61 Å². The number of nitrogens with zero attached hydrogens (tertiary/aromatic N) is 4. The molecule has 1 saturated heterocycles. The van der Waals surface area contributed by atoms with E-state index in [0.717, 1.165) is 18.5 Å². The molecule has 1 aromatic heterocycles. The van der Waals surface area contributed by atoms with Crippen molar-refractivity contribution in [2.24, 2.45) is 0 Å². The first-order chi connectivity index (χ1) is 9.99. The van der Waals surface area contributed by atoms with Crippen LogP contribution in [0.5, 0.6) is 0 Å². The molecule has 0 aromatic carbocycles. The van der Waals surface area contributed by atoms with Gasteiger partial charge in [0.1, 0.15) is 5.54 Å². The summed E-state index contributed by atoms with van der Waals surface area (Å²) in [5.41, 5.74) is -0.0289. The van der Waals surface area contributed by atoms with Crippen LogP contribution in [-0.2, 0) is 16.1 Å². The number of hydrogen-bond donors (Lipinski definition) is 1. The third kappa shape index (κ3) is 3.14. The molecule has 0 aliphatic carbocycles. The van der Waals surface area contributed by atoms with Crippen LogP contribution in [0.25, 0.3) is 0 Å². The fraction of sp³-hybridized carbons (Fsp3) is 0.643. The average molecular weight is 294 g/mol. The first kappa shape index (κ1) is 15.7. The van der Waals surface area contributed by atoms with Crippen LogP contribution in [-0.4, -0.2) is 65.8 Å². The monoisotopic (exact) mass is 294 g/mol. The van der Waals surface area contributed by atoms with Crippen molar-refractivity contribution in [3.8, 4) is 0 Å². The fourth-order valence-corrected chi connectivity index (χ4v) is 2.75. The minimum atomic E-state index is -0.936. The molecule has 0 amide bonds. The maximum atomic E-state index is 11.7. The van der Waals surface area contributed by atoms with Gasteiger partial charge in [0.25, 0.3) is 0 Å². The summed E-state index contributed by atoms with van der Waals surface area (Å²) in [6, 6.07) is 0. The second-order valence-corrected chi connectivity index (χ2v) is 5.58. The van der Waals surface area contributed by atoms with E-state index in [0.29, 0.717) is 18.9 Å². The van der Waals surface area contributed by atoms with Crippen molar-refractivity contribution >= 4 is 11.9 Å². The van der Waals surface area contributed by atoms with E-state index in [9.17, 15) is 9.90 Å². The summed E-state index contributed by atoms with van der Waals surface area (Å²) in [5.74, 6) is -0.186. The molecule has 116 valence electrons. The van der Waals surface area contributed by atoms with Crippen molar-refractivity contribution in [1.29, 1.82) is 0 Å². The Bertz CT molecular complexity index is 491. The molecule has 21 heavy (non-hydrogen) atoms. The quantitative estimate of drug-likeness (QED) is 0.823. The van der Waals surface area contributed by atoms with Crippen LogP contribution >= 0.6 is 0 Å². The Labute approximate surface area is 124 Å². The topological polar surface area (TPSA) is 78.8 Å². The lowest BCUT2D eigenvalue weighted by Gasteiger charge is -2.34. The van der Waals surface area contributed by atoms with Gasteiger partial charge in [-0.15, -0.1) is 0 Å². The summed E-state index contributed by atoms with van der Waals surface area (Å²) in [6.07, 6.45) is 4.96. The van der Waals surface area contributed by atoms with Gasteiger partial charge in [0.15, 0.2) is 0 Å². The molecule has 2 rings (SSSR count). The highest BCUT2D eigenvalue weighted by Crippen LogP contribution is 2.31. The van der Waals surface area contributed by atoms with Gasteiger partial charge in [-0.2, -0.15) is 0 Å². The maximum Gasteiger partial charge on any atom is 0.326 e. The highest BCUT2D eigenvalue weighted by atomic mass is 16.5. The van der Waals surface area contributed by atoms with E-state index in [2.05, 4.69) is 9.97 Å². The predicted molar refractivity (Wildman–Crippen MR) is 78.2 cm³/mol. The Morgan fingerprint density at radius 3 is 2.67 bits per heavy atom. The maximum absolute atomic E-state index is 11.7. The zero-order chi connectivity index (χ0) is 15.5. The van der Waals surface area contributed by atoms with Crippen LogP contribution in [0.1, 0.15) is 18.4 Å². The zero-order valence-corrected chi connectivity index (χ0v) is 12.7. The largest absolute Gasteiger partial charge is 0.480 e. The summed E-state index contributed by atoms with van der Waals surface area (Å²) < 4.78 is 5.15. The Hall–Kier alpha value is -1.73. The molecule has 0 radical (unpaired) electrons. The molecule has 0 saturated carbocycles. The van der Waals surface area contributed by atoms with Gasteiger partial charge in [-0.25, -0.2) is 9.97 Å². The Morgan fingerprint density at radius 1 is 1.48 bits per heavy atom. The van der Waals surface area contributed by atoms with Gasteiger partial charge in [-0.1, -0.05) is 0 Å². The highest BCUT2D eigenvalue weighted by molar-refractivity contribution is 5.79. The first-order valence-corrected chi connectivity index (χ1v) is 6.95. The molecule has 2 heterocycles. The van der Waals surface area contributed by atoms with Gasteiger partial charge >= 0.3 is 5.97 Å². The van der Waals surface area contributed by atoms with Crippen LogP contribution in [0.3, 0.4) is 0 Å². The van der Waals surface area contributed by atoms with E-state index in [1.54, 1.807) is 12.4 Å². The van der Waals surface area contributed by atoms with Gasteiger partial charge in [-0.3, -0.25) is 9.69 Å². The number of aliphatic carboxylic acids is 1. The Morgan fingerprint density at radius 2 is 2.14 bits per heavy atom. The molecule has 0 bridgehead atoms. The molecule has 1 aliphatic heterocycles. The third-order valence-corrected chi connectivity index (χ3v) is 3.87. The van der Waals surface area contributed by atoms with E-state index < -0.39 is 11.5 Å². The summed E-state index contributed by atoms with van der Waals surface area (Å²) in [7, 11) is 5.29. The molecule has 1 unspecified atom stereocenters. The van der Waals surface area contributed by atoms with Crippen molar-refractivity contribution in [1.82, 2.24) is 14.9 Å². The molecule has 1 aliphatic rings. The lowest BCUT2D eigenvalue weighted by atomic mass is 9.97. The molecule has 7 heteroatoms. The number of carboxylic acid groups (broad SMARTS) is 1. The number of methoxy groups -OCH3 is 1.